The van der Waals surface area contributed by atoms with Crippen molar-refractivity contribution in [2.75, 3.05) is 18.6 Å². The monoisotopic (exact) mass is 206 g/mol. The quantitative estimate of drug-likeness (QED) is 0.692. The van der Waals surface area contributed by atoms with E-state index < -0.39 is 0 Å². The maximum atomic E-state index is 11.5. The van der Waals surface area contributed by atoms with Crippen LogP contribution in [0.15, 0.2) is 24.3 Å². The van der Waals surface area contributed by atoms with Crippen LogP contribution in [0.5, 0.6) is 0 Å². The Morgan fingerprint density at radius 3 is 3.00 bits per heavy atom. The van der Waals surface area contributed by atoms with E-state index >= 15 is 0 Å². The highest BCUT2D eigenvalue weighted by Gasteiger charge is 2.26. The lowest BCUT2D eigenvalue weighted by molar-refractivity contribution is 0.177. The number of ether oxygens (including phenoxy) is 1. The molecule has 0 saturated heterocycles. The van der Waals surface area contributed by atoms with Crippen molar-refractivity contribution in [3.8, 4) is 0 Å². The molecule has 0 fully saturated rings. The van der Waals surface area contributed by atoms with Crippen molar-refractivity contribution in [1.82, 2.24) is 0 Å². The van der Waals surface area contributed by atoms with Gasteiger partial charge in [-0.05, 0) is 18.1 Å². The van der Waals surface area contributed by atoms with Gasteiger partial charge in [0.1, 0.15) is 0 Å². The van der Waals surface area contributed by atoms with Crippen molar-refractivity contribution in [2.45, 2.75) is 12.5 Å². The number of anilines is 1. The van der Waals surface area contributed by atoms with Gasteiger partial charge >= 0.3 is 6.09 Å². The Bertz CT molecular complexity index is 379. The van der Waals surface area contributed by atoms with Crippen LogP contribution in [0.4, 0.5) is 10.5 Å². The predicted molar refractivity (Wildman–Crippen MR) is 57.9 cm³/mol. The summed E-state index contributed by atoms with van der Waals surface area (Å²) in [5.74, 6) is 0. The second-order valence-corrected chi connectivity index (χ2v) is 3.67. The van der Waals surface area contributed by atoms with Crippen LogP contribution in [0.2, 0.25) is 0 Å². The fraction of sp³-hybridized carbons (Fsp3) is 0.364. The van der Waals surface area contributed by atoms with E-state index in [1.807, 2.05) is 24.3 Å². The van der Waals surface area contributed by atoms with Gasteiger partial charge in [0.15, 0.2) is 0 Å². The number of para-hydroxylation sites is 1. The Balaban J connectivity index is 2.38. The van der Waals surface area contributed by atoms with Crippen LogP contribution in [0.3, 0.4) is 0 Å². The third-order valence-electron chi connectivity index (χ3n) is 2.58. The molecular weight excluding hydrogens is 192 g/mol. The van der Waals surface area contributed by atoms with Crippen LogP contribution < -0.4 is 10.6 Å². The number of methoxy groups -OCH3 is 1. The van der Waals surface area contributed by atoms with Gasteiger partial charge in [0.2, 0.25) is 0 Å². The van der Waals surface area contributed by atoms with E-state index in [1.54, 1.807) is 4.90 Å². The normalized spacial score (nSPS) is 19.6. The van der Waals surface area contributed by atoms with Gasteiger partial charge in [-0.2, -0.15) is 0 Å². The largest absolute Gasteiger partial charge is 0.452 e. The minimum absolute atomic E-state index is 0.0148. The molecule has 4 heteroatoms. The first-order valence-corrected chi connectivity index (χ1v) is 4.91. The summed E-state index contributed by atoms with van der Waals surface area (Å²) in [7, 11) is 1.38. The van der Waals surface area contributed by atoms with E-state index in [0.717, 1.165) is 17.7 Å². The fourth-order valence-electron chi connectivity index (χ4n) is 1.91. The van der Waals surface area contributed by atoms with E-state index in [4.69, 9.17) is 10.5 Å². The lowest BCUT2D eigenvalue weighted by Crippen LogP contribution is -2.46. The van der Waals surface area contributed by atoms with Gasteiger partial charge in [-0.3, -0.25) is 4.90 Å². The SMILES string of the molecule is COC(=O)N1CC(N)Cc2ccccc21. The Morgan fingerprint density at radius 2 is 2.27 bits per heavy atom. The molecule has 2 N–H and O–H groups in total. The maximum Gasteiger partial charge on any atom is 0.414 e. The summed E-state index contributed by atoms with van der Waals surface area (Å²) in [4.78, 5) is 13.1. The zero-order chi connectivity index (χ0) is 10.8. The predicted octanol–water partition coefficient (Wildman–Crippen LogP) is 1.14. The lowest BCUT2D eigenvalue weighted by atomic mass is 9.99. The molecule has 4 nitrogen and oxygen atoms in total. The van der Waals surface area contributed by atoms with Crippen molar-refractivity contribution in [1.29, 1.82) is 0 Å². The third kappa shape index (κ3) is 1.80. The van der Waals surface area contributed by atoms with E-state index in [0.29, 0.717) is 6.54 Å². The van der Waals surface area contributed by atoms with Crippen molar-refractivity contribution in [3.63, 3.8) is 0 Å². The highest BCUT2D eigenvalue weighted by Crippen LogP contribution is 2.26. The molecule has 1 aromatic rings. The zero-order valence-electron chi connectivity index (χ0n) is 8.64. The fourth-order valence-corrected chi connectivity index (χ4v) is 1.91. The molecular formula is C11H14N2O2. The van der Waals surface area contributed by atoms with Crippen molar-refractivity contribution in [2.24, 2.45) is 5.73 Å². The smallest absolute Gasteiger partial charge is 0.414 e. The first kappa shape index (κ1) is 9.98. The number of benzene rings is 1. The summed E-state index contributed by atoms with van der Waals surface area (Å²) in [6, 6.07) is 7.75. The van der Waals surface area contributed by atoms with Crippen LogP contribution in [0, 0.1) is 0 Å². The molecule has 0 bridgehead atoms. The van der Waals surface area contributed by atoms with Crippen molar-refractivity contribution >= 4 is 11.8 Å². The highest BCUT2D eigenvalue weighted by atomic mass is 16.5. The Labute approximate surface area is 88.6 Å². The van der Waals surface area contributed by atoms with E-state index in [-0.39, 0.29) is 12.1 Å². The minimum atomic E-state index is -0.349. The number of amides is 1. The van der Waals surface area contributed by atoms with Gasteiger partial charge in [0.25, 0.3) is 0 Å². The molecule has 2 rings (SSSR count). The molecule has 0 saturated carbocycles. The molecule has 0 aromatic heterocycles. The van der Waals surface area contributed by atoms with Gasteiger partial charge in [-0.25, -0.2) is 4.79 Å². The molecule has 1 unspecified atom stereocenters. The van der Waals surface area contributed by atoms with Crippen LogP contribution in [0.1, 0.15) is 5.56 Å². The Morgan fingerprint density at radius 1 is 1.53 bits per heavy atom. The summed E-state index contributed by atoms with van der Waals surface area (Å²) in [5, 5.41) is 0. The first-order valence-electron chi connectivity index (χ1n) is 4.91. The third-order valence-corrected chi connectivity index (χ3v) is 2.58. The number of nitrogens with zero attached hydrogens (tertiary/aromatic N) is 1. The minimum Gasteiger partial charge on any atom is -0.452 e. The topological polar surface area (TPSA) is 55.6 Å². The van der Waals surface area contributed by atoms with Gasteiger partial charge in [0, 0.05) is 12.6 Å². The average Bonchev–Trinajstić information content (AvgIpc) is 2.26. The van der Waals surface area contributed by atoms with Crippen LogP contribution in [0.25, 0.3) is 0 Å². The molecule has 1 atom stereocenters. The number of fused-ring (bicyclic) bond motifs is 1. The Kier molecular flexibility index (Phi) is 2.60. The molecule has 80 valence electrons. The maximum absolute atomic E-state index is 11.5. The van der Waals surface area contributed by atoms with E-state index in [9.17, 15) is 4.79 Å². The van der Waals surface area contributed by atoms with Gasteiger partial charge in [-0.1, -0.05) is 18.2 Å². The van der Waals surface area contributed by atoms with Gasteiger partial charge < -0.3 is 10.5 Å². The number of carbonyl (C=O) groups is 1. The second kappa shape index (κ2) is 3.90. The summed E-state index contributed by atoms with van der Waals surface area (Å²) >= 11 is 0. The van der Waals surface area contributed by atoms with Crippen LogP contribution in [-0.2, 0) is 11.2 Å². The van der Waals surface area contributed by atoms with Crippen molar-refractivity contribution in [3.05, 3.63) is 29.8 Å². The summed E-state index contributed by atoms with van der Waals surface area (Å²) in [6.45, 7) is 0.518. The first-order chi connectivity index (χ1) is 7.22. The summed E-state index contributed by atoms with van der Waals surface area (Å²) in [5.41, 5.74) is 7.89. The van der Waals surface area contributed by atoms with E-state index in [1.165, 1.54) is 7.11 Å². The van der Waals surface area contributed by atoms with Crippen LogP contribution >= 0.6 is 0 Å². The summed E-state index contributed by atoms with van der Waals surface area (Å²) in [6.07, 6.45) is 0.460. The van der Waals surface area contributed by atoms with Crippen LogP contribution in [-0.4, -0.2) is 25.8 Å². The molecule has 1 aromatic carbocycles. The summed E-state index contributed by atoms with van der Waals surface area (Å²) < 4.78 is 4.73. The number of nitrogens with two attached hydrogens (primary N) is 1. The van der Waals surface area contributed by atoms with Gasteiger partial charge in [-0.15, -0.1) is 0 Å². The van der Waals surface area contributed by atoms with E-state index in [2.05, 4.69) is 0 Å². The molecule has 1 heterocycles. The number of hydrogen-bond donors (Lipinski definition) is 1. The molecule has 0 radical (unpaired) electrons. The molecule has 15 heavy (non-hydrogen) atoms. The number of carbonyl (C=O) groups excluding carboxylic acids is 1. The molecule has 0 spiro atoms. The molecule has 1 amide bonds. The second-order valence-electron chi connectivity index (χ2n) is 3.67. The van der Waals surface area contributed by atoms with Crippen molar-refractivity contribution < 1.29 is 9.53 Å². The molecule has 1 aliphatic rings. The number of rotatable bonds is 0. The number of hydrogen-bond acceptors (Lipinski definition) is 3. The average molecular weight is 206 g/mol. The Hall–Kier alpha value is -1.55. The molecule has 1 aliphatic heterocycles. The zero-order valence-corrected chi connectivity index (χ0v) is 8.64. The lowest BCUT2D eigenvalue weighted by Gasteiger charge is -2.31. The standard InChI is InChI=1S/C11H14N2O2/c1-15-11(14)13-7-9(12)6-8-4-2-3-5-10(8)13/h2-5,9H,6-7,12H2,1H3. The molecule has 0 aliphatic carbocycles. The highest BCUT2D eigenvalue weighted by molar-refractivity contribution is 5.89. The van der Waals surface area contributed by atoms with Gasteiger partial charge in [0.05, 0.1) is 12.8 Å².